The average molecular weight is 390 g/mol. The Labute approximate surface area is 158 Å². The summed E-state index contributed by atoms with van der Waals surface area (Å²) >= 11 is 0. The van der Waals surface area contributed by atoms with E-state index in [-0.39, 0.29) is 17.7 Å². The molecule has 2 aromatic rings. The molecule has 144 valence electrons. The molecule has 8 heteroatoms. The second-order valence-corrected chi connectivity index (χ2v) is 9.61. The number of sulfone groups is 1. The fourth-order valence-electron chi connectivity index (χ4n) is 4.10. The van der Waals surface area contributed by atoms with Crippen LogP contribution in [0.4, 0.5) is 0 Å². The molecule has 0 aliphatic carbocycles. The predicted molar refractivity (Wildman–Crippen MR) is 100 cm³/mol. The van der Waals surface area contributed by atoms with Gasteiger partial charge in [0.2, 0.25) is 0 Å². The van der Waals surface area contributed by atoms with Gasteiger partial charge in [-0.25, -0.2) is 8.42 Å². The fourth-order valence-corrected chi connectivity index (χ4v) is 5.92. The monoisotopic (exact) mass is 390 g/mol. The lowest BCUT2D eigenvalue weighted by Gasteiger charge is -2.35. The Kier molecular flexibility index (Phi) is 4.77. The Morgan fingerprint density at radius 2 is 1.93 bits per heavy atom. The molecule has 1 amide bonds. The fraction of sp³-hybridized carbons (Fsp3) is 0.474. The molecule has 4 rings (SSSR count). The van der Waals surface area contributed by atoms with Crippen molar-refractivity contribution < 1.29 is 22.6 Å². The second kappa shape index (κ2) is 7.09. The van der Waals surface area contributed by atoms with Gasteiger partial charge in [-0.2, -0.15) is 0 Å². The number of benzene rings is 1. The maximum Gasteiger partial charge on any atom is 0.260 e. The van der Waals surface area contributed by atoms with E-state index in [1.165, 1.54) is 4.90 Å². The maximum absolute atomic E-state index is 13.1. The van der Waals surface area contributed by atoms with Gasteiger partial charge in [0.25, 0.3) is 5.91 Å². The van der Waals surface area contributed by atoms with Crippen LogP contribution < -0.4 is 4.90 Å². The van der Waals surface area contributed by atoms with Gasteiger partial charge in [-0.15, -0.1) is 0 Å². The minimum atomic E-state index is -2.87. The summed E-state index contributed by atoms with van der Waals surface area (Å²) in [5.74, 6) is 1.03. The Balaban J connectivity index is 1.47. The first-order chi connectivity index (χ1) is 12.9. The molecule has 0 radical (unpaired) electrons. The van der Waals surface area contributed by atoms with Crippen molar-refractivity contribution in [3.63, 3.8) is 0 Å². The van der Waals surface area contributed by atoms with Gasteiger partial charge in [-0.3, -0.25) is 4.79 Å². The minimum Gasteiger partial charge on any atom is -0.360 e. The van der Waals surface area contributed by atoms with Crippen molar-refractivity contribution in [3.05, 3.63) is 41.7 Å². The summed E-state index contributed by atoms with van der Waals surface area (Å²) in [5.41, 5.74) is 1.96. The van der Waals surface area contributed by atoms with Crippen LogP contribution in [0.1, 0.15) is 22.5 Å². The Bertz CT molecular complexity index is 931. The number of carbonyl (C=O) groups is 1. The van der Waals surface area contributed by atoms with Gasteiger partial charge in [0.05, 0.1) is 31.9 Å². The molecule has 0 spiro atoms. The lowest BCUT2D eigenvalue weighted by molar-refractivity contribution is -0.925. The van der Waals surface area contributed by atoms with E-state index >= 15 is 0 Å². The van der Waals surface area contributed by atoms with Crippen molar-refractivity contribution in [1.29, 1.82) is 0 Å². The molecule has 0 saturated carbocycles. The van der Waals surface area contributed by atoms with Crippen molar-refractivity contribution >= 4 is 15.7 Å². The van der Waals surface area contributed by atoms with Crippen LogP contribution in [0.3, 0.4) is 0 Å². The number of aryl methyl sites for hydroxylation is 1. The smallest absolute Gasteiger partial charge is 0.260 e. The van der Waals surface area contributed by atoms with Gasteiger partial charge in [0, 0.05) is 12.0 Å². The van der Waals surface area contributed by atoms with Crippen molar-refractivity contribution in [3.8, 4) is 11.3 Å². The standard InChI is InChI=1S/C19H23N3O4S/c1-14-17(18(20-26-14)15-5-3-2-4-6-15)19(23)22-10-8-21(9-11-22)16-7-12-27(24,25)13-16/h2-6,16H,7-13H2,1H3/p+1/t16-/m1/s1. The highest BCUT2D eigenvalue weighted by atomic mass is 32.2. The second-order valence-electron chi connectivity index (χ2n) is 7.38. The van der Waals surface area contributed by atoms with Crippen molar-refractivity contribution in [2.24, 2.45) is 0 Å². The van der Waals surface area contributed by atoms with Crippen LogP contribution in [-0.2, 0) is 9.84 Å². The molecule has 2 aliphatic rings. The highest BCUT2D eigenvalue weighted by Crippen LogP contribution is 2.26. The third-order valence-corrected chi connectivity index (χ3v) is 7.39. The zero-order valence-electron chi connectivity index (χ0n) is 15.3. The number of hydrogen-bond donors (Lipinski definition) is 1. The first kappa shape index (κ1) is 18.2. The molecule has 1 atom stereocenters. The quantitative estimate of drug-likeness (QED) is 0.808. The normalized spacial score (nSPS) is 22.9. The van der Waals surface area contributed by atoms with E-state index in [4.69, 9.17) is 4.52 Å². The van der Waals surface area contributed by atoms with E-state index in [0.29, 0.717) is 35.9 Å². The van der Waals surface area contributed by atoms with E-state index in [9.17, 15) is 13.2 Å². The Hall–Kier alpha value is -2.19. The Morgan fingerprint density at radius 3 is 2.56 bits per heavy atom. The van der Waals surface area contributed by atoms with Crippen LogP contribution in [0.15, 0.2) is 34.9 Å². The number of hydrogen-bond acceptors (Lipinski definition) is 5. The third-order valence-electron chi connectivity index (χ3n) is 5.63. The van der Waals surface area contributed by atoms with Crippen LogP contribution >= 0.6 is 0 Å². The van der Waals surface area contributed by atoms with E-state index in [1.54, 1.807) is 6.92 Å². The lowest BCUT2D eigenvalue weighted by Crippen LogP contribution is -3.18. The summed E-state index contributed by atoms with van der Waals surface area (Å²) in [6, 6.07) is 9.73. The van der Waals surface area contributed by atoms with Gasteiger partial charge in [-0.1, -0.05) is 35.5 Å². The van der Waals surface area contributed by atoms with Crippen LogP contribution in [0, 0.1) is 6.92 Å². The molecule has 1 N–H and O–H groups in total. The molecule has 7 nitrogen and oxygen atoms in total. The molecule has 3 heterocycles. The van der Waals surface area contributed by atoms with Gasteiger partial charge < -0.3 is 14.3 Å². The number of quaternary nitrogens is 1. The summed E-state index contributed by atoms with van der Waals surface area (Å²) < 4.78 is 28.8. The molecule has 2 fully saturated rings. The van der Waals surface area contributed by atoms with E-state index in [1.807, 2.05) is 35.2 Å². The van der Waals surface area contributed by atoms with Crippen molar-refractivity contribution in [2.75, 3.05) is 37.7 Å². The lowest BCUT2D eigenvalue weighted by atomic mass is 10.0. The molecular weight excluding hydrogens is 366 g/mol. The topological polar surface area (TPSA) is 84.9 Å². The third kappa shape index (κ3) is 3.64. The first-order valence-corrected chi connectivity index (χ1v) is 11.1. The summed E-state index contributed by atoms with van der Waals surface area (Å²) in [4.78, 5) is 16.3. The van der Waals surface area contributed by atoms with Gasteiger partial charge in [0.1, 0.15) is 28.8 Å². The molecule has 2 aliphatic heterocycles. The van der Waals surface area contributed by atoms with E-state index < -0.39 is 9.84 Å². The largest absolute Gasteiger partial charge is 0.360 e. The SMILES string of the molecule is Cc1onc(-c2ccccc2)c1C(=O)N1CC[NH+]([C@@H]2CCS(=O)(=O)C2)CC1. The number of nitrogens with one attached hydrogen (secondary N) is 1. The van der Waals surface area contributed by atoms with Gasteiger partial charge in [-0.05, 0) is 6.92 Å². The molecule has 2 saturated heterocycles. The number of amides is 1. The number of piperazine rings is 1. The molecule has 0 bridgehead atoms. The number of aromatic nitrogens is 1. The summed E-state index contributed by atoms with van der Waals surface area (Å²) in [5, 5.41) is 4.10. The summed E-state index contributed by atoms with van der Waals surface area (Å²) in [7, 11) is -2.87. The van der Waals surface area contributed by atoms with Crippen LogP contribution in [0.5, 0.6) is 0 Å². The minimum absolute atomic E-state index is 0.0642. The predicted octanol–water partition coefficient (Wildman–Crippen LogP) is 0.178. The molecule has 1 aromatic heterocycles. The summed E-state index contributed by atoms with van der Waals surface area (Å²) in [6.07, 6.45) is 0.731. The summed E-state index contributed by atoms with van der Waals surface area (Å²) in [6.45, 7) is 4.54. The Morgan fingerprint density at radius 1 is 1.22 bits per heavy atom. The highest BCUT2D eigenvalue weighted by Gasteiger charge is 2.38. The van der Waals surface area contributed by atoms with Crippen molar-refractivity contribution in [1.82, 2.24) is 10.1 Å². The number of rotatable bonds is 3. The zero-order chi connectivity index (χ0) is 19.0. The maximum atomic E-state index is 13.1. The number of carbonyl (C=O) groups excluding carboxylic acids is 1. The van der Waals surface area contributed by atoms with Gasteiger partial charge in [0.15, 0.2) is 9.84 Å². The van der Waals surface area contributed by atoms with E-state index in [0.717, 1.165) is 25.1 Å². The van der Waals surface area contributed by atoms with E-state index in [2.05, 4.69) is 5.16 Å². The molecular formula is C19H24N3O4S+. The highest BCUT2D eigenvalue weighted by molar-refractivity contribution is 7.91. The molecule has 27 heavy (non-hydrogen) atoms. The van der Waals surface area contributed by atoms with Gasteiger partial charge >= 0.3 is 0 Å². The zero-order valence-corrected chi connectivity index (χ0v) is 16.2. The van der Waals surface area contributed by atoms with Crippen LogP contribution in [0.25, 0.3) is 11.3 Å². The van der Waals surface area contributed by atoms with Crippen LogP contribution in [0.2, 0.25) is 0 Å². The molecule has 0 unspecified atom stereocenters. The average Bonchev–Trinajstić information content (AvgIpc) is 3.24. The molecule has 1 aromatic carbocycles. The number of nitrogens with zero attached hydrogens (tertiary/aromatic N) is 2. The first-order valence-electron chi connectivity index (χ1n) is 9.30. The van der Waals surface area contributed by atoms with Crippen LogP contribution in [-0.4, -0.2) is 68.1 Å². The van der Waals surface area contributed by atoms with Crippen molar-refractivity contribution in [2.45, 2.75) is 19.4 Å².